The molecule has 6 nitrogen and oxygen atoms in total. The van der Waals surface area contributed by atoms with Crippen molar-refractivity contribution in [1.82, 2.24) is 9.97 Å². The third kappa shape index (κ3) is 6.87. The molecule has 2 aromatic heterocycles. The van der Waals surface area contributed by atoms with E-state index in [9.17, 15) is 0 Å². The third-order valence-electron chi connectivity index (χ3n) is 9.73. The van der Waals surface area contributed by atoms with Crippen LogP contribution in [0.2, 0.25) is 0 Å². The number of aromatic nitrogens is 2. The second-order valence-corrected chi connectivity index (χ2v) is 14.3. The molecule has 0 spiro atoms. The summed E-state index contributed by atoms with van der Waals surface area (Å²) in [6.45, 7) is 20.9. The van der Waals surface area contributed by atoms with Crippen molar-refractivity contribution in [3.63, 3.8) is 0 Å². The topological polar surface area (TPSA) is 45.9 Å². The van der Waals surface area contributed by atoms with Crippen molar-refractivity contribution in [2.75, 3.05) is 22.9 Å². The molecule has 7 rings (SSSR count). The number of aryl methyl sites for hydroxylation is 1. The Kier molecular flexibility index (Phi) is 9.69. The Hall–Kier alpha value is -4.46. The predicted octanol–water partition coefficient (Wildman–Crippen LogP) is 10.2. The fourth-order valence-corrected chi connectivity index (χ4v) is 6.84. The predicted molar refractivity (Wildman–Crippen MR) is 193 cm³/mol. The van der Waals surface area contributed by atoms with Crippen LogP contribution in [0.3, 0.4) is 0 Å². The van der Waals surface area contributed by atoms with E-state index in [4.69, 9.17) is 21.3 Å². The number of nitrogens with zero attached hydrogens (tertiary/aromatic N) is 5. The number of hydrogen-bond donors (Lipinski definition) is 0. The summed E-state index contributed by atoms with van der Waals surface area (Å²) in [6.07, 6.45) is 7.56. The SMILES string of the molecule is [C-]#[N+]c1cc(Oc2[c-]c3c(cc2)CCCN3c2cc(C(C)(C)C)ccn2)[c-]c2c1CCCN2c1cc(C(C)(C)c2ccccc2)ccn1.[Pt+2]. The van der Waals surface area contributed by atoms with Gasteiger partial charge in [-0.2, -0.15) is 6.07 Å². The molecular weight excluding hydrogens is 786 g/mol. The number of benzene rings is 3. The zero-order valence-electron chi connectivity index (χ0n) is 28.8. The quantitative estimate of drug-likeness (QED) is 0.160. The zero-order valence-corrected chi connectivity index (χ0v) is 31.1. The van der Waals surface area contributed by atoms with Gasteiger partial charge in [0.2, 0.25) is 0 Å². The summed E-state index contributed by atoms with van der Waals surface area (Å²) < 4.78 is 6.49. The van der Waals surface area contributed by atoms with Crippen molar-refractivity contribution in [2.24, 2.45) is 0 Å². The van der Waals surface area contributed by atoms with E-state index in [1.165, 1.54) is 22.3 Å². The Labute approximate surface area is 305 Å². The molecule has 3 aromatic carbocycles. The maximum absolute atomic E-state index is 8.05. The van der Waals surface area contributed by atoms with Crippen LogP contribution in [0.15, 0.2) is 85.2 Å². The Bertz CT molecular complexity index is 2010. The van der Waals surface area contributed by atoms with Gasteiger partial charge in [-0.15, -0.1) is 35.4 Å². The first-order valence-electron chi connectivity index (χ1n) is 16.9. The van der Waals surface area contributed by atoms with Crippen molar-refractivity contribution in [3.05, 3.63) is 137 Å². The molecule has 250 valence electrons. The van der Waals surface area contributed by atoms with Crippen molar-refractivity contribution in [2.45, 2.75) is 71.1 Å². The van der Waals surface area contributed by atoms with E-state index in [0.29, 0.717) is 17.2 Å². The van der Waals surface area contributed by atoms with Gasteiger partial charge in [0.1, 0.15) is 11.6 Å². The maximum atomic E-state index is 8.05. The molecular formula is C42H41N5OPt. The van der Waals surface area contributed by atoms with Crippen LogP contribution in [-0.4, -0.2) is 23.1 Å². The number of hydrogen-bond acceptors (Lipinski definition) is 5. The minimum atomic E-state index is -0.201. The van der Waals surface area contributed by atoms with Crippen LogP contribution in [0.1, 0.15) is 75.3 Å². The van der Waals surface area contributed by atoms with Gasteiger partial charge in [0, 0.05) is 42.4 Å². The Morgan fingerprint density at radius 1 is 0.714 bits per heavy atom. The molecule has 5 aromatic rings. The summed E-state index contributed by atoms with van der Waals surface area (Å²) in [5.41, 5.74) is 8.15. The number of rotatable bonds is 6. The Morgan fingerprint density at radius 2 is 1.35 bits per heavy atom. The molecule has 2 aliphatic heterocycles. The van der Waals surface area contributed by atoms with Crippen LogP contribution in [0.5, 0.6) is 11.5 Å². The normalized spacial score (nSPS) is 14.3. The van der Waals surface area contributed by atoms with Crippen LogP contribution < -0.4 is 14.5 Å². The monoisotopic (exact) mass is 826 g/mol. The van der Waals surface area contributed by atoms with Crippen LogP contribution in [-0.2, 0) is 44.7 Å². The average Bonchev–Trinajstić information content (AvgIpc) is 3.11. The molecule has 4 heterocycles. The maximum Gasteiger partial charge on any atom is 2.00 e. The summed E-state index contributed by atoms with van der Waals surface area (Å²) in [7, 11) is 0. The molecule has 0 bridgehead atoms. The molecule has 0 saturated heterocycles. The standard InChI is InChI=1S/C42H41N5O.Pt/c1-41(2,3)31-18-20-44-39(24-31)46-22-10-12-29-16-17-33(27-37(29)46)48-34-26-36(43-6)35-15-11-23-47(38(35)28-34)40-25-32(19-21-45-40)42(4,5)30-13-8-7-9-14-30;/h7-9,13-14,16-21,24-26H,10-12,15,22-23H2,1-5H3;/q-2;+2. The van der Waals surface area contributed by atoms with Gasteiger partial charge in [-0.1, -0.05) is 89.2 Å². The molecule has 2 aliphatic rings. The van der Waals surface area contributed by atoms with Gasteiger partial charge in [0.05, 0.1) is 12.3 Å². The van der Waals surface area contributed by atoms with Crippen molar-refractivity contribution < 1.29 is 25.8 Å². The molecule has 0 amide bonds. The smallest absolute Gasteiger partial charge is 0.510 e. The van der Waals surface area contributed by atoms with Crippen LogP contribution in [0.25, 0.3) is 4.85 Å². The Morgan fingerprint density at radius 3 is 2.04 bits per heavy atom. The van der Waals surface area contributed by atoms with Crippen molar-refractivity contribution in [1.29, 1.82) is 0 Å². The molecule has 49 heavy (non-hydrogen) atoms. The Balaban J connectivity index is 0.00000417. The van der Waals surface area contributed by atoms with E-state index < -0.39 is 0 Å². The van der Waals surface area contributed by atoms with E-state index >= 15 is 0 Å². The summed E-state index contributed by atoms with van der Waals surface area (Å²) in [6, 6.07) is 32.1. The third-order valence-corrected chi connectivity index (χ3v) is 9.73. The van der Waals surface area contributed by atoms with E-state index in [-0.39, 0.29) is 31.9 Å². The first kappa shape index (κ1) is 34.4. The van der Waals surface area contributed by atoms with Gasteiger partial charge < -0.3 is 14.5 Å². The van der Waals surface area contributed by atoms with Gasteiger partial charge in [0.25, 0.3) is 0 Å². The summed E-state index contributed by atoms with van der Waals surface area (Å²) in [4.78, 5) is 17.9. The molecule has 7 heteroatoms. The number of fused-ring (bicyclic) bond motifs is 2. The second kappa shape index (κ2) is 13.8. The average molecular weight is 827 g/mol. The fraction of sp³-hybridized carbons (Fsp3) is 0.310. The largest absolute Gasteiger partial charge is 2.00 e. The first-order valence-corrected chi connectivity index (χ1v) is 16.9. The molecule has 0 aliphatic carbocycles. The van der Waals surface area contributed by atoms with Crippen LogP contribution in [0, 0.1) is 18.7 Å². The molecule has 0 saturated carbocycles. The molecule has 0 fully saturated rings. The van der Waals surface area contributed by atoms with E-state index in [1.807, 2.05) is 30.6 Å². The number of pyridine rings is 2. The molecule has 0 N–H and O–H groups in total. The summed E-state index contributed by atoms with van der Waals surface area (Å²) >= 11 is 0. The summed E-state index contributed by atoms with van der Waals surface area (Å²) in [5.74, 6) is 2.86. The van der Waals surface area contributed by atoms with Crippen molar-refractivity contribution in [3.8, 4) is 11.5 Å². The first-order chi connectivity index (χ1) is 23.1. The van der Waals surface area contributed by atoms with Gasteiger partial charge in [-0.05, 0) is 59.2 Å². The van der Waals surface area contributed by atoms with Gasteiger partial charge in [-0.3, -0.25) is 4.85 Å². The molecule has 0 unspecified atom stereocenters. The molecule has 0 radical (unpaired) electrons. The van der Waals surface area contributed by atoms with E-state index in [2.05, 4.69) is 116 Å². The van der Waals surface area contributed by atoms with Crippen LogP contribution in [0.4, 0.5) is 28.7 Å². The van der Waals surface area contributed by atoms with Gasteiger partial charge in [0.15, 0.2) is 0 Å². The minimum absolute atomic E-state index is 0. The second-order valence-electron chi connectivity index (χ2n) is 14.3. The van der Waals surface area contributed by atoms with E-state index in [1.54, 1.807) is 0 Å². The number of anilines is 4. The van der Waals surface area contributed by atoms with E-state index in [0.717, 1.165) is 67.3 Å². The zero-order chi connectivity index (χ0) is 33.5. The van der Waals surface area contributed by atoms with Gasteiger partial charge >= 0.3 is 21.1 Å². The fourth-order valence-electron chi connectivity index (χ4n) is 6.84. The number of ether oxygens (including phenoxy) is 1. The van der Waals surface area contributed by atoms with Crippen LogP contribution >= 0.6 is 0 Å². The summed E-state index contributed by atoms with van der Waals surface area (Å²) in [5, 5.41) is 0. The van der Waals surface area contributed by atoms with Crippen molar-refractivity contribution >= 4 is 28.7 Å². The minimum Gasteiger partial charge on any atom is -0.510 e. The van der Waals surface area contributed by atoms with Gasteiger partial charge in [-0.25, -0.2) is 9.97 Å². The molecule has 0 atom stereocenters.